The van der Waals surface area contributed by atoms with Gasteiger partial charge in [-0.05, 0) is 6.07 Å². The first kappa shape index (κ1) is 12.1. The third-order valence-electron chi connectivity index (χ3n) is 1.65. The van der Waals surface area contributed by atoms with Gasteiger partial charge in [-0.1, -0.05) is 11.6 Å². The van der Waals surface area contributed by atoms with Gasteiger partial charge in [0.2, 0.25) is 0 Å². The number of hydrogen-bond donors (Lipinski definition) is 1. The van der Waals surface area contributed by atoms with Gasteiger partial charge in [0.1, 0.15) is 5.15 Å². The number of carboxylic acids is 1. The molecular formula is C8H5Cl2F2NO2. The Morgan fingerprint density at radius 2 is 2.20 bits per heavy atom. The van der Waals surface area contributed by atoms with Crippen molar-refractivity contribution in [2.75, 3.05) is 0 Å². The molecule has 0 saturated carbocycles. The summed E-state index contributed by atoms with van der Waals surface area (Å²) in [6, 6.07) is 0.989. The SMILES string of the molecule is O=C(O)c1cc(CCl)nc(Cl)c1C(F)F. The zero-order valence-corrected chi connectivity index (χ0v) is 8.69. The quantitative estimate of drug-likeness (QED) is 0.667. The van der Waals surface area contributed by atoms with Gasteiger partial charge < -0.3 is 5.11 Å². The van der Waals surface area contributed by atoms with Crippen LogP contribution in [0.5, 0.6) is 0 Å². The first-order chi connectivity index (χ1) is 6.97. The van der Waals surface area contributed by atoms with Crippen molar-refractivity contribution in [3.63, 3.8) is 0 Å². The number of halogens is 4. The van der Waals surface area contributed by atoms with Gasteiger partial charge >= 0.3 is 5.97 Å². The molecule has 0 aromatic carbocycles. The predicted molar refractivity (Wildman–Crippen MR) is 50.7 cm³/mol. The van der Waals surface area contributed by atoms with Gasteiger partial charge in [-0.15, -0.1) is 11.6 Å². The standard InChI is InChI=1S/C8H5Cl2F2NO2/c9-2-3-1-4(8(14)15)5(7(11)12)6(10)13-3/h1,7H,2H2,(H,14,15). The molecule has 0 aliphatic heterocycles. The van der Waals surface area contributed by atoms with Crippen LogP contribution in [0, 0.1) is 0 Å². The van der Waals surface area contributed by atoms with Crippen molar-refractivity contribution in [3.05, 3.63) is 28.0 Å². The van der Waals surface area contributed by atoms with E-state index in [2.05, 4.69) is 4.98 Å². The lowest BCUT2D eigenvalue weighted by atomic mass is 10.1. The summed E-state index contributed by atoms with van der Waals surface area (Å²) < 4.78 is 24.9. The van der Waals surface area contributed by atoms with E-state index in [1.165, 1.54) is 0 Å². The number of rotatable bonds is 3. The highest BCUT2D eigenvalue weighted by Crippen LogP contribution is 2.30. The van der Waals surface area contributed by atoms with Crippen molar-refractivity contribution in [1.29, 1.82) is 0 Å². The van der Waals surface area contributed by atoms with Crippen LogP contribution in [0.2, 0.25) is 5.15 Å². The Bertz CT molecular complexity index is 398. The lowest BCUT2D eigenvalue weighted by Crippen LogP contribution is -2.06. The van der Waals surface area contributed by atoms with Gasteiger partial charge in [0.15, 0.2) is 0 Å². The molecule has 0 unspecified atom stereocenters. The molecule has 1 aromatic heterocycles. The van der Waals surface area contributed by atoms with Crippen molar-refractivity contribution in [2.24, 2.45) is 0 Å². The Kier molecular flexibility index (Phi) is 3.82. The molecule has 0 atom stereocenters. The summed E-state index contributed by atoms with van der Waals surface area (Å²) >= 11 is 10.8. The zero-order valence-electron chi connectivity index (χ0n) is 7.18. The summed E-state index contributed by atoms with van der Waals surface area (Å²) in [5.74, 6) is -1.58. The average molecular weight is 256 g/mol. The lowest BCUT2D eigenvalue weighted by Gasteiger charge is -2.08. The van der Waals surface area contributed by atoms with Gasteiger partial charge in [0.05, 0.1) is 22.7 Å². The van der Waals surface area contributed by atoms with Crippen LogP contribution in [-0.4, -0.2) is 16.1 Å². The Morgan fingerprint density at radius 1 is 1.60 bits per heavy atom. The van der Waals surface area contributed by atoms with E-state index in [4.69, 9.17) is 28.3 Å². The Hall–Kier alpha value is -0.940. The molecule has 3 nitrogen and oxygen atoms in total. The van der Waals surface area contributed by atoms with Crippen LogP contribution in [0.15, 0.2) is 6.07 Å². The molecule has 0 radical (unpaired) electrons. The molecule has 1 aromatic rings. The second kappa shape index (κ2) is 4.72. The smallest absolute Gasteiger partial charge is 0.336 e. The van der Waals surface area contributed by atoms with Crippen LogP contribution >= 0.6 is 23.2 Å². The number of carbonyl (C=O) groups is 1. The van der Waals surface area contributed by atoms with Crippen LogP contribution in [0.25, 0.3) is 0 Å². The van der Waals surface area contributed by atoms with Crippen molar-refractivity contribution < 1.29 is 18.7 Å². The molecule has 82 valence electrons. The predicted octanol–water partition coefficient (Wildman–Crippen LogP) is 3.11. The molecule has 7 heteroatoms. The van der Waals surface area contributed by atoms with E-state index < -0.39 is 28.7 Å². The summed E-state index contributed by atoms with van der Waals surface area (Å²) in [5.41, 5.74) is -1.21. The molecule has 0 bridgehead atoms. The van der Waals surface area contributed by atoms with E-state index in [-0.39, 0.29) is 11.6 Å². The Labute approximate surface area is 93.6 Å². The Balaban J connectivity index is 3.42. The minimum atomic E-state index is -2.99. The van der Waals surface area contributed by atoms with Gasteiger partial charge in [-0.2, -0.15) is 0 Å². The van der Waals surface area contributed by atoms with Crippen LogP contribution in [0.3, 0.4) is 0 Å². The fraction of sp³-hybridized carbons (Fsp3) is 0.250. The van der Waals surface area contributed by atoms with Crippen LogP contribution in [0.4, 0.5) is 8.78 Å². The molecule has 0 fully saturated rings. The highest BCUT2D eigenvalue weighted by Gasteiger charge is 2.23. The van der Waals surface area contributed by atoms with Gasteiger partial charge in [0, 0.05) is 0 Å². The fourth-order valence-corrected chi connectivity index (χ4v) is 1.46. The average Bonchev–Trinajstić information content (AvgIpc) is 2.15. The normalized spacial score (nSPS) is 10.7. The number of nitrogens with zero attached hydrogens (tertiary/aromatic N) is 1. The van der Waals surface area contributed by atoms with E-state index in [1.54, 1.807) is 0 Å². The maximum Gasteiger partial charge on any atom is 0.336 e. The molecular weight excluding hydrogens is 251 g/mol. The molecule has 1 heterocycles. The van der Waals surface area contributed by atoms with Gasteiger partial charge in [0.25, 0.3) is 6.43 Å². The molecule has 0 amide bonds. The number of alkyl halides is 3. The zero-order chi connectivity index (χ0) is 11.6. The second-order valence-electron chi connectivity index (χ2n) is 2.61. The summed E-state index contributed by atoms with van der Waals surface area (Å²) in [7, 11) is 0. The first-order valence-corrected chi connectivity index (χ1v) is 4.65. The summed E-state index contributed by atoms with van der Waals surface area (Å²) in [6.45, 7) is 0. The summed E-state index contributed by atoms with van der Waals surface area (Å²) in [6.07, 6.45) is -2.99. The number of carboxylic acid groups (broad SMARTS) is 1. The minimum absolute atomic E-state index is 0.0937. The Morgan fingerprint density at radius 3 is 2.60 bits per heavy atom. The monoisotopic (exact) mass is 255 g/mol. The number of pyridine rings is 1. The number of aromatic carboxylic acids is 1. The maximum atomic E-state index is 12.5. The molecule has 1 N–H and O–H groups in total. The second-order valence-corrected chi connectivity index (χ2v) is 3.23. The van der Waals surface area contributed by atoms with E-state index in [0.717, 1.165) is 6.07 Å². The summed E-state index contributed by atoms with van der Waals surface area (Å²) in [4.78, 5) is 14.2. The van der Waals surface area contributed by atoms with Crippen molar-refractivity contribution in [2.45, 2.75) is 12.3 Å². The number of hydrogen-bond acceptors (Lipinski definition) is 2. The van der Waals surface area contributed by atoms with Crippen LogP contribution < -0.4 is 0 Å². The molecule has 15 heavy (non-hydrogen) atoms. The van der Waals surface area contributed by atoms with E-state index >= 15 is 0 Å². The van der Waals surface area contributed by atoms with Crippen molar-refractivity contribution >= 4 is 29.2 Å². The largest absolute Gasteiger partial charge is 0.478 e. The molecule has 0 aliphatic rings. The highest BCUT2D eigenvalue weighted by molar-refractivity contribution is 6.30. The van der Waals surface area contributed by atoms with Crippen LogP contribution in [0.1, 0.15) is 28.0 Å². The molecule has 0 aliphatic carbocycles. The third-order valence-corrected chi connectivity index (χ3v) is 2.21. The summed E-state index contributed by atoms with van der Waals surface area (Å²) in [5, 5.41) is 8.17. The molecule has 0 spiro atoms. The molecule has 1 rings (SSSR count). The van der Waals surface area contributed by atoms with Gasteiger partial charge in [-0.25, -0.2) is 18.6 Å². The fourth-order valence-electron chi connectivity index (χ4n) is 1.03. The van der Waals surface area contributed by atoms with Crippen molar-refractivity contribution in [1.82, 2.24) is 4.98 Å². The molecule has 0 saturated heterocycles. The number of aromatic nitrogens is 1. The lowest BCUT2D eigenvalue weighted by molar-refractivity contribution is 0.0684. The highest BCUT2D eigenvalue weighted by atomic mass is 35.5. The van der Waals surface area contributed by atoms with E-state index in [0.29, 0.717) is 0 Å². The first-order valence-electron chi connectivity index (χ1n) is 3.74. The van der Waals surface area contributed by atoms with E-state index in [1.807, 2.05) is 0 Å². The van der Waals surface area contributed by atoms with Gasteiger partial charge in [-0.3, -0.25) is 0 Å². The third kappa shape index (κ3) is 2.54. The maximum absolute atomic E-state index is 12.5. The van der Waals surface area contributed by atoms with Crippen molar-refractivity contribution in [3.8, 4) is 0 Å². The minimum Gasteiger partial charge on any atom is -0.478 e. The van der Waals surface area contributed by atoms with Crippen LogP contribution in [-0.2, 0) is 5.88 Å². The topological polar surface area (TPSA) is 50.2 Å². The van der Waals surface area contributed by atoms with E-state index in [9.17, 15) is 13.6 Å².